The van der Waals surface area contributed by atoms with E-state index in [1.807, 2.05) is 5.01 Å². The highest BCUT2D eigenvalue weighted by Crippen LogP contribution is 2.31. The molecule has 2 aliphatic heterocycles. The van der Waals surface area contributed by atoms with Gasteiger partial charge < -0.3 is 15.7 Å². The Morgan fingerprint density at radius 2 is 1.78 bits per heavy atom. The van der Waals surface area contributed by atoms with Crippen molar-refractivity contribution in [1.29, 1.82) is 0 Å². The molecule has 1 unspecified atom stereocenters. The monoisotopic (exact) mass is 517 g/mol. The zero-order valence-electron chi connectivity index (χ0n) is 20.7. The van der Waals surface area contributed by atoms with Crippen LogP contribution in [0.2, 0.25) is 5.02 Å². The molecule has 0 aliphatic carbocycles. The van der Waals surface area contributed by atoms with Crippen LogP contribution in [0.4, 0.5) is 15.3 Å². The van der Waals surface area contributed by atoms with Crippen molar-refractivity contribution in [2.75, 3.05) is 31.1 Å². The Kier molecular flexibility index (Phi) is 7.26. The van der Waals surface area contributed by atoms with Crippen LogP contribution in [0.25, 0.3) is 0 Å². The van der Waals surface area contributed by atoms with Crippen molar-refractivity contribution in [3.05, 3.63) is 47.0 Å². The van der Waals surface area contributed by atoms with E-state index in [-0.39, 0.29) is 18.9 Å². The van der Waals surface area contributed by atoms with Crippen LogP contribution in [0.5, 0.6) is 0 Å². The van der Waals surface area contributed by atoms with Crippen molar-refractivity contribution in [1.82, 2.24) is 24.5 Å². The van der Waals surface area contributed by atoms with E-state index < -0.39 is 23.6 Å². The maximum Gasteiger partial charge on any atom is 0.344 e. The van der Waals surface area contributed by atoms with Crippen molar-refractivity contribution >= 4 is 35.3 Å². The van der Waals surface area contributed by atoms with Crippen LogP contribution >= 0.6 is 11.6 Å². The minimum atomic E-state index is -1.50. The summed E-state index contributed by atoms with van der Waals surface area (Å²) in [5.41, 5.74) is 5.46. The number of piperazine rings is 1. The fourth-order valence-corrected chi connectivity index (χ4v) is 5.10. The number of nitrogens with zero attached hydrogens (tertiary/aromatic N) is 6. The molecule has 3 heterocycles. The number of primary amides is 1. The summed E-state index contributed by atoms with van der Waals surface area (Å²) < 4.78 is 1.59. The summed E-state index contributed by atoms with van der Waals surface area (Å²) in [5, 5.41) is 15.6. The third kappa shape index (κ3) is 4.54. The summed E-state index contributed by atoms with van der Waals surface area (Å²) >= 11 is 6.02. The van der Waals surface area contributed by atoms with Crippen LogP contribution in [0.15, 0.2) is 30.5 Å². The molecule has 1 fully saturated rings. The lowest BCUT2D eigenvalue weighted by Crippen LogP contribution is -2.65. The lowest BCUT2D eigenvalue weighted by Gasteiger charge is -2.45. The molecule has 0 radical (unpaired) electrons. The van der Waals surface area contributed by atoms with Gasteiger partial charge in [0.05, 0.1) is 24.0 Å². The van der Waals surface area contributed by atoms with Gasteiger partial charge in [-0.2, -0.15) is 0 Å². The summed E-state index contributed by atoms with van der Waals surface area (Å²) in [4.78, 5) is 46.4. The SMILES string of the molecule is CCC(O)(CC)C(C(=O)N1CCN(N2Cc3cnc(C)n3C2=O)CC1)N(C(N)=O)c1ccc(Cl)cc1. The number of carbonyl (C=O) groups is 3. The summed E-state index contributed by atoms with van der Waals surface area (Å²) in [6.45, 7) is 7.25. The Hall–Kier alpha value is -3.15. The van der Waals surface area contributed by atoms with Crippen molar-refractivity contribution < 1.29 is 19.5 Å². The van der Waals surface area contributed by atoms with Gasteiger partial charge in [-0.3, -0.25) is 14.7 Å². The number of aryl methyl sites for hydroxylation is 1. The van der Waals surface area contributed by atoms with Crippen LogP contribution in [0.1, 0.15) is 38.2 Å². The first-order valence-corrected chi connectivity index (χ1v) is 12.4. The zero-order chi connectivity index (χ0) is 26.2. The van der Waals surface area contributed by atoms with E-state index in [9.17, 15) is 19.5 Å². The van der Waals surface area contributed by atoms with Gasteiger partial charge >= 0.3 is 12.1 Å². The van der Waals surface area contributed by atoms with Crippen molar-refractivity contribution in [2.45, 2.75) is 51.8 Å². The van der Waals surface area contributed by atoms with E-state index in [2.05, 4.69) is 4.98 Å². The molecule has 1 atom stereocenters. The molecule has 2 aliphatic rings. The molecule has 0 bridgehead atoms. The minimum Gasteiger partial charge on any atom is -0.387 e. The molecule has 4 amide bonds. The van der Waals surface area contributed by atoms with E-state index in [0.717, 1.165) is 10.6 Å². The fraction of sp³-hybridized carbons (Fsp3) is 0.500. The number of carbonyl (C=O) groups excluding carboxylic acids is 3. The number of hydrazine groups is 1. The topological polar surface area (TPSA) is 128 Å². The summed E-state index contributed by atoms with van der Waals surface area (Å²) in [7, 11) is 0. The third-order valence-corrected chi connectivity index (χ3v) is 7.46. The largest absolute Gasteiger partial charge is 0.387 e. The van der Waals surface area contributed by atoms with Gasteiger partial charge in [0.25, 0.3) is 0 Å². The van der Waals surface area contributed by atoms with E-state index in [0.29, 0.717) is 49.3 Å². The lowest BCUT2D eigenvalue weighted by atomic mass is 9.86. The molecule has 2 aromatic rings. The van der Waals surface area contributed by atoms with Crippen molar-refractivity contribution in [3.8, 4) is 0 Å². The minimum absolute atomic E-state index is 0.161. The number of nitrogens with two attached hydrogens (primary N) is 1. The number of anilines is 1. The van der Waals surface area contributed by atoms with Gasteiger partial charge in [-0.15, -0.1) is 0 Å². The maximum atomic E-state index is 13.9. The number of benzene rings is 1. The average molecular weight is 518 g/mol. The second-order valence-corrected chi connectivity index (χ2v) is 9.59. The molecular weight excluding hydrogens is 486 g/mol. The quantitative estimate of drug-likeness (QED) is 0.579. The molecule has 0 spiro atoms. The average Bonchev–Trinajstić information content (AvgIpc) is 3.41. The number of halogens is 1. The molecule has 1 aromatic heterocycles. The Morgan fingerprint density at radius 1 is 1.17 bits per heavy atom. The van der Waals surface area contributed by atoms with Gasteiger partial charge in [-0.1, -0.05) is 25.4 Å². The Balaban J connectivity index is 1.55. The molecule has 12 heteroatoms. The predicted molar refractivity (Wildman–Crippen MR) is 134 cm³/mol. The van der Waals surface area contributed by atoms with Gasteiger partial charge in [0.15, 0.2) is 0 Å². The van der Waals surface area contributed by atoms with Crippen molar-refractivity contribution in [2.24, 2.45) is 5.73 Å². The van der Waals surface area contributed by atoms with E-state index in [1.165, 1.54) is 0 Å². The zero-order valence-corrected chi connectivity index (χ0v) is 21.5. The number of fused-ring (bicyclic) bond motifs is 1. The van der Waals surface area contributed by atoms with Gasteiger partial charge in [0.2, 0.25) is 5.91 Å². The van der Waals surface area contributed by atoms with Gasteiger partial charge in [0, 0.05) is 36.9 Å². The maximum absolute atomic E-state index is 13.9. The summed E-state index contributed by atoms with van der Waals surface area (Å²) in [6.07, 6.45) is 2.18. The predicted octanol–water partition coefficient (Wildman–Crippen LogP) is 2.19. The van der Waals surface area contributed by atoms with Gasteiger partial charge in [-0.25, -0.2) is 24.1 Å². The molecule has 1 saturated heterocycles. The molecule has 11 nitrogen and oxygen atoms in total. The van der Waals surface area contributed by atoms with E-state index >= 15 is 0 Å². The summed E-state index contributed by atoms with van der Waals surface area (Å²) in [6, 6.07) is 4.18. The highest BCUT2D eigenvalue weighted by molar-refractivity contribution is 6.30. The number of aliphatic hydroxyl groups is 1. The van der Waals surface area contributed by atoms with Crippen LogP contribution in [0.3, 0.4) is 0 Å². The van der Waals surface area contributed by atoms with Crippen LogP contribution < -0.4 is 10.6 Å². The highest BCUT2D eigenvalue weighted by Gasteiger charge is 2.47. The molecule has 194 valence electrons. The van der Waals surface area contributed by atoms with E-state index in [1.54, 1.807) is 65.7 Å². The van der Waals surface area contributed by atoms with E-state index in [4.69, 9.17) is 17.3 Å². The molecular formula is C24H32ClN7O4. The van der Waals surface area contributed by atoms with Crippen molar-refractivity contribution in [3.63, 3.8) is 0 Å². The molecule has 0 saturated carbocycles. The second kappa shape index (κ2) is 10.1. The standard InChI is InChI=1S/C24H32ClN7O4/c1-4-24(36,5-2)20(32(22(26)34)18-8-6-17(25)7-9-18)21(33)28-10-12-29(13-11-28)30-15-19-14-27-16(3)31(19)23(30)35/h6-9,14,20,36H,4-5,10-13,15H2,1-3H3,(H2,26,34). The number of imidazole rings is 1. The summed E-state index contributed by atoms with van der Waals surface area (Å²) in [5.74, 6) is 0.245. The first-order valence-electron chi connectivity index (χ1n) is 12.1. The van der Waals surface area contributed by atoms with Crippen LogP contribution in [-0.2, 0) is 11.3 Å². The number of aromatic nitrogens is 2. The van der Waals surface area contributed by atoms with Crippen LogP contribution in [-0.4, -0.2) is 85.4 Å². The number of urea groups is 1. The Morgan fingerprint density at radius 3 is 2.31 bits per heavy atom. The lowest BCUT2D eigenvalue weighted by molar-refractivity contribution is -0.143. The van der Waals surface area contributed by atoms with Gasteiger partial charge in [0.1, 0.15) is 11.9 Å². The Labute approximate surface area is 215 Å². The molecule has 1 aromatic carbocycles. The van der Waals surface area contributed by atoms with Crippen LogP contribution in [0, 0.1) is 6.92 Å². The number of hydrogen-bond acceptors (Lipinski definition) is 6. The highest BCUT2D eigenvalue weighted by atomic mass is 35.5. The number of hydrogen-bond donors (Lipinski definition) is 2. The fourth-order valence-electron chi connectivity index (χ4n) is 4.97. The van der Waals surface area contributed by atoms with Gasteiger partial charge in [-0.05, 0) is 44.0 Å². The first-order chi connectivity index (χ1) is 17.1. The normalized spacial score (nSPS) is 17.3. The first kappa shape index (κ1) is 25.9. The molecule has 36 heavy (non-hydrogen) atoms. The number of amides is 4. The molecule has 3 N–H and O–H groups in total. The third-order valence-electron chi connectivity index (χ3n) is 7.21. The second-order valence-electron chi connectivity index (χ2n) is 9.15. The molecule has 4 rings (SSSR count). The Bertz CT molecular complexity index is 1140. The number of rotatable bonds is 7. The smallest absolute Gasteiger partial charge is 0.344 e.